The Morgan fingerprint density at radius 2 is 2.35 bits per heavy atom. The van der Waals surface area contributed by atoms with Gasteiger partial charge in [0.15, 0.2) is 0 Å². The van der Waals surface area contributed by atoms with Crippen molar-refractivity contribution in [3.05, 3.63) is 24.2 Å². The number of nitrogens with one attached hydrogen (secondary N) is 1. The predicted octanol–water partition coefficient (Wildman–Crippen LogP) is 1.72. The number of hydrazine groups is 1. The molecule has 1 aromatic heterocycles. The largest absolute Gasteiger partial charge is 0.467 e. The average Bonchev–Trinajstić information content (AvgIpc) is 2.85. The highest BCUT2D eigenvalue weighted by atomic mass is 16.3. The van der Waals surface area contributed by atoms with Crippen LogP contribution in [0.3, 0.4) is 0 Å². The monoisotopic (exact) mass is 238 g/mol. The second-order valence-corrected chi connectivity index (χ2v) is 3.80. The summed E-state index contributed by atoms with van der Waals surface area (Å²) in [6.07, 6.45) is 3.88. The second-order valence-electron chi connectivity index (χ2n) is 3.80. The van der Waals surface area contributed by atoms with Crippen molar-refractivity contribution in [2.45, 2.75) is 33.2 Å². The van der Waals surface area contributed by atoms with Crippen molar-refractivity contribution in [1.82, 2.24) is 10.3 Å². The summed E-state index contributed by atoms with van der Waals surface area (Å²) >= 11 is 0. The summed E-state index contributed by atoms with van der Waals surface area (Å²) in [4.78, 5) is 6.50. The Morgan fingerprint density at radius 1 is 1.53 bits per heavy atom. The molecule has 5 heteroatoms. The Kier molecular flexibility index (Phi) is 6.17. The molecule has 0 atom stereocenters. The van der Waals surface area contributed by atoms with E-state index in [0.29, 0.717) is 6.54 Å². The average molecular weight is 238 g/mol. The van der Waals surface area contributed by atoms with E-state index in [1.54, 1.807) is 6.26 Å². The molecule has 17 heavy (non-hydrogen) atoms. The van der Waals surface area contributed by atoms with Gasteiger partial charge in [-0.2, -0.15) is 0 Å². The lowest BCUT2D eigenvalue weighted by molar-refractivity contribution is 0.364. The van der Waals surface area contributed by atoms with E-state index in [1.165, 1.54) is 0 Å². The lowest BCUT2D eigenvalue weighted by atomic mass is 10.3. The second kappa shape index (κ2) is 7.73. The minimum atomic E-state index is 0.679. The normalized spacial score (nSPS) is 11.6. The minimum Gasteiger partial charge on any atom is -0.467 e. The van der Waals surface area contributed by atoms with Crippen molar-refractivity contribution in [3.8, 4) is 0 Å². The fraction of sp³-hybridized carbons (Fsp3) is 0.583. The van der Waals surface area contributed by atoms with Crippen molar-refractivity contribution < 1.29 is 4.42 Å². The summed E-state index contributed by atoms with van der Waals surface area (Å²) in [5.74, 6) is 7.13. The number of guanidine groups is 1. The van der Waals surface area contributed by atoms with Gasteiger partial charge in [-0.25, -0.2) is 5.84 Å². The molecule has 0 spiro atoms. The Hall–Kier alpha value is -1.49. The Balaban J connectivity index is 2.59. The molecule has 3 N–H and O–H groups in total. The SMILES string of the molecule is CCCCN=C(NN)N(CC)Cc1ccco1. The van der Waals surface area contributed by atoms with Gasteiger partial charge in [-0.05, 0) is 25.5 Å². The summed E-state index contributed by atoms with van der Waals surface area (Å²) < 4.78 is 5.32. The first-order chi connectivity index (χ1) is 8.31. The molecule has 0 bridgehead atoms. The highest BCUT2D eigenvalue weighted by Crippen LogP contribution is 2.05. The quantitative estimate of drug-likeness (QED) is 0.260. The Labute approximate surface area is 103 Å². The lowest BCUT2D eigenvalue weighted by Crippen LogP contribution is -2.44. The van der Waals surface area contributed by atoms with Gasteiger partial charge in [-0.1, -0.05) is 13.3 Å². The molecular formula is C12H22N4O. The van der Waals surface area contributed by atoms with Gasteiger partial charge in [-0.15, -0.1) is 0 Å². The van der Waals surface area contributed by atoms with Gasteiger partial charge in [0.05, 0.1) is 12.8 Å². The van der Waals surface area contributed by atoms with Crippen LogP contribution in [0.2, 0.25) is 0 Å². The van der Waals surface area contributed by atoms with Gasteiger partial charge in [0.1, 0.15) is 5.76 Å². The fourth-order valence-corrected chi connectivity index (χ4v) is 1.51. The molecule has 0 saturated carbocycles. The van der Waals surface area contributed by atoms with E-state index >= 15 is 0 Å². The molecule has 1 aromatic rings. The third kappa shape index (κ3) is 4.48. The minimum absolute atomic E-state index is 0.679. The van der Waals surface area contributed by atoms with Gasteiger partial charge in [0, 0.05) is 13.1 Å². The van der Waals surface area contributed by atoms with Crippen LogP contribution in [0.4, 0.5) is 0 Å². The van der Waals surface area contributed by atoms with Crippen LogP contribution in [0.1, 0.15) is 32.4 Å². The molecule has 0 aliphatic heterocycles. The van der Waals surface area contributed by atoms with E-state index in [0.717, 1.165) is 37.7 Å². The molecule has 0 fully saturated rings. The first kappa shape index (κ1) is 13.6. The molecule has 0 aromatic carbocycles. The van der Waals surface area contributed by atoms with E-state index in [4.69, 9.17) is 10.3 Å². The summed E-state index contributed by atoms with van der Waals surface area (Å²) in [6, 6.07) is 3.83. The van der Waals surface area contributed by atoms with E-state index in [9.17, 15) is 0 Å². The van der Waals surface area contributed by atoms with Gasteiger partial charge in [0.25, 0.3) is 0 Å². The zero-order valence-corrected chi connectivity index (χ0v) is 10.6. The number of unbranched alkanes of at least 4 members (excludes halogenated alkanes) is 1. The van der Waals surface area contributed by atoms with Crippen molar-refractivity contribution in [2.24, 2.45) is 10.8 Å². The van der Waals surface area contributed by atoms with Crippen LogP contribution in [-0.2, 0) is 6.54 Å². The van der Waals surface area contributed by atoms with Crippen LogP contribution < -0.4 is 11.3 Å². The number of hydrogen-bond donors (Lipinski definition) is 2. The van der Waals surface area contributed by atoms with Crippen LogP contribution >= 0.6 is 0 Å². The topological polar surface area (TPSA) is 66.8 Å². The molecule has 1 heterocycles. The molecule has 96 valence electrons. The highest BCUT2D eigenvalue weighted by Gasteiger charge is 2.09. The summed E-state index contributed by atoms with van der Waals surface area (Å²) in [5.41, 5.74) is 2.66. The molecule has 0 saturated heterocycles. The predicted molar refractivity (Wildman–Crippen MR) is 69.3 cm³/mol. The summed E-state index contributed by atoms with van der Waals surface area (Å²) in [6.45, 7) is 6.51. The Bertz CT molecular complexity index is 321. The summed E-state index contributed by atoms with van der Waals surface area (Å²) in [5, 5.41) is 0. The van der Waals surface area contributed by atoms with Crippen molar-refractivity contribution >= 4 is 5.96 Å². The van der Waals surface area contributed by atoms with E-state index in [-0.39, 0.29) is 0 Å². The van der Waals surface area contributed by atoms with E-state index < -0.39 is 0 Å². The van der Waals surface area contributed by atoms with Crippen molar-refractivity contribution in [3.63, 3.8) is 0 Å². The number of furan rings is 1. The third-order valence-corrected chi connectivity index (χ3v) is 2.51. The van der Waals surface area contributed by atoms with Crippen molar-refractivity contribution in [1.29, 1.82) is 0 Å². The van der Waals surface area contributed by atoms with Crippen LogP contribution in [0.25, 0.3) is 0 Å². The fourth-order valence-electron chi connectivity index (χ4n) is 1.51. The molecule has 0 radical (unpaired) electrons. The zero-order chi connectivity index (χ0) is 12.5. The molecular weight excluding hydrogens is 216 g/mol. The van der Waals surface area contributed by atoms with E-state index in [1.807, 2.05) is 12.1 Å². The molecule has 0 aliphatic carbocycles. The molecule has 0 amide bonds. The molecule has 5 nitrogen and oxygen atoms in total. The molecule has 0 aliphatic rings. The Morgan fingerprint density at radius 3 is 2.88 bits per heavy atom. The standard InChI is InChI=1S/C12H22N4O/c1-3-5-8-14-12(15-13)16(4-2)10-11-7-6-9-17-11/h6-7,9H,3-5,8,10,13H2,1-2H3,(H,14,15). The highest BCUT2D eigenvalue weighted by molar-refractivity contribution is 5.79. The van der Waals surface area contributed by atoms with Crippen LogP contribution in [0.5, 0.6) is 0 Å². The third-order valence-electron chi connectivity index (χ3n) is 2.51. The van der Waals surface area contributed by atoms with Gasteiger partial charge < -0.3 is 9.32 Å². The molecule has 0 unspecified atom stereocenters. The zero-order valence-electron chi connectivity index (χ0n) is 10.6. The maximum atomic E-state index is 5.51. The van der Waals surface area contributed by atoms with Gasteiger partial charge in [0.2, 0.25) is 5.96 Å². The van der Waals surface area contributed by atoms with Crippen LogP contribution in [0, 0.1) is 0 Å². The smallest absolute Gasteiger partial charge is 0.208 e. The first-order valence-electron chi connectivity index (χ1n) is 6.10. The number of nitrogens with two attached hydrogens (primary N) is 1. The number of rotatable bonds is 6. The van der Waals surface area contributed by atoms with Crippen LogP contribution in [0.15, 0.2) is 27.8 Å². The van der Waals surface area contributed by atoms with Crippen LogP contribution in [-0.4, -0.2) is 23.9 Å². The van der Waals surface area contributed by atoms with Gasteiger partial charge >= 0.3 is 0 Å². The van der Waals surface area contributed by atoms with Gasteiger partial charge in [-0.3, -0.25) is 10.4 Å². The number of nitrogens with zero attached hydrogens (tertiary/aromatic N) is 2. The molecule has 1 rings (SSSR count). The van der Waals surface area contributed by atoms with Crippen molar-refractivity contribution in [2.75, 3.05) is 13.1 Å². The lowest BCUT2D eigenvalue weighted by Gasteiger charge is -2.22. The maximum absolute atomic E-state index is 5.51. The summed E-state index contributed by atoms with van der Waals surface area (Å²) in [7, 11) is 0. The number of aliphatic imine (C=N–C) groups is 1. The van der Waals surface area contributed by atoms with E-state index in [2.05, 4.69) is 29.2 Å². The first-order valence-corrected chi connectivity index (χ1v) is 6.10. The maximum Gasteiger partial charge on any atom is 0.208 e. The number of hydrogen-bond acceptors (Lipinski definition) is 3.